The number of carbonyl (C=O) groups is 2. The average Bonchev–Trinajstić information content (AvgIpc) is 2.70. The highest BCUT2D eigenvalue weighted by Gasteiger charge is 2.30. The normalized spacial score (nSPS) is 25.4. The Balaban J connectivity index is 2.39. The van der Waals surface area contributed by atoms with E-state index >= 15 is 0 Å². The number of rotatable bonds is 4. The summed E-state index contributed by atoms with van der Waals surface area (Å²) in [5, 5.41) is 11.3. The van der Waals surface area contributed by atoms with Gasteiger partial charge in [-0.05, 0) is 13.3 Å². The quantitative estimate of drug-likeness (QED) is 0.756. The van der Waals surface area contributed by atoms with E-state index in [1.54, 1.807) is 18.9 Å². The number of hydrogen-bond donors (Lipinski definition) is 2. The molecule has 2 amide bonds. The molecule has 3 unspecified atom stereocenters. The fraction of sp³-hybridized carbons (Fsp3) is 0.818. The van der Waals surface area contributed by atoms with Gasteiger partial charge in [-0.1, -0.05) is 6.92 Å². The summed E-state index contributed by atoms with van der Waals surface area (Å²) in [6.45, 7) is 4.29. The highest BCUT2D eigenvalue weighted by molar-refractivity contribution is 5.76. The van der Waals surface area contributed by atoms with E-state index in [2.05, 4.69) is 5.32 Å². The molecular formula is C11H20N2O4. The summed E-state index contributed by atoms with van der Waals surface area (Å²) in [4.78, 5) is 24.0. The minimum Gasteiger partial charge on any atom is -0.481 e. The standard InChI is InChI=1S/C11H20N2O4/c1-7(10(14)15)6-12-11(16)13(3)9-4-5-17-8(9)2/h7-9H,4-6H2,1-3H3,(H,12,16)(H,14,15). The first-order valence-electron chi connectivity index (χ1n) is 5.78. The topological polar surface area (TPSA) is 78.9 Å². The molecule has 2 N–H and O–H groups in total. The third-order valence-electron chi connectivity index (χ3n) is 3.14. The second kappa shape index (κ2) is 5.86. The first-order valence-corrected chi connectivity index (χ1v) is 5.78. The van der Waals surface area contributed by atoms with Crippen molar-refractivity contribution in [3.8, 4) is 0 Å². The molecule has 98 valence electrons. The van der Waals surface area contributed by atoms with Crippen LogP contribution in [0.15, 0.2) is 0 Å². The van der Waals surface area contributed by atoms with E-state index in [0.29, 0.717) is 6.61 Å². The van der Waals surface area contributed by atoms with Crippen LogP contribution in [-0.2, 0) is 9.53 Å². The van der Waals surface area contributed by atoms with Crippen LogP contribution in [0.2, 0.25) is 0 Å². The van der Waals surface area contributed by atoms with E-state index in [1.165, 1.54) is 0 Å². The summed E-state index contributed by atoms with van der Waals surface area (Å²) >= 11 is 0. The number of carboxylic acids is 1. The number of likely N-dealkylation sites (N-methyl/N-ethyl adjacent to an activating group) is 1. The van der Waals surface area contributed by atoms with E-state index in [-0.39, 0.29) is 24.7 Å². The Morgan fingerprint density at radius 2 is 2.24 bits per heavy atom. The van der Waals surface area contributed by atoms with E-state index in [9.17, 15) is 9.59 Å². The van der Waals surface area contributed by atoms with Gasteiger partial charge in [0, 0.05) is 20.2 Å². The van der Waals surface area contributed by atoms with Gasteiger partial charge in [0.1, 0.15) is 0 Å². The number of nitrogens with one attached hydrogen (secondary N) is 1. The zero-order valence-electron chi connectivity index (χ0n) is 10.5. The molecule has 1 heterocycles. The third kappa shape index (κ3) is 3.59. The number of carboxylic acid groups (broad SMARTS) is 1. The number of aliphatic carboxylic acids is 1. The average molecular weight is 244 g/mol. The minimum atomic E-state index is -0.912. The van der Waals surface area contributed by atoms with Gasteiger partial charge in [-0.25, -0.2) is 4.79 Å². The van der Waals surface area contributed by atoms with Crippen LogP contribution >= 0.6 is 0 Å². The van der Waals surface area contributed by atoms with E-state index in [4.69, 9.17) is 9.84 Å². The molecule has 6 heteroatoms. The Morgan fingerprint density at radius 3 is 2.71 bits per heavy atom. The van der Waals surface area contributed by atoms with Crippen molar-refractivity contribution in [2.75, 3.05) is 20.2 Å². The van der Waals surface area contributed by atoms with Crippen LogP contribution in [0.25, 0.3) is 0 Å². The molecule has 1 saturated heterocycles. The van der Waals surface area contributed by atoms with Gasteiger partial charge >= 0.3 is 12.0 Å². The second-order valence-corrected chi connectivity index (χ2v) is 4.47. The number of ether oxygens (including phenoxy) is 1. The summed E-state index contributed by atoms with van der Waals surface area (Å²) in [6, 6.07) is -0.185. The summed E-state index contributed by atoms with van der Waals surface area (Å²) in [5.41, 5.74) is 0. The molecule has 1 aliphatic heterocycles. The SMILES string of the molecule is CC(CNC(=O)N(C)C1CCOC1C)C(=O)O. The Morgan fingerprint density at radius 1 is 1.59 bits per heavy atom. The Hall–Kier alpha value is -1.30. The molecule has 0 aromatic carbocycles. The van der Waals surface area contributed by atoms with Gasteiger partial charge < -0.3 is 20.1 Å². The molecule has 17 heavy (non-hydrogen) atoms. The summed E-state index contributed by atoms with van der Waals surface area (Å²) in [7, 11) is 1.70. The van der Waals surface area contributed by atoms with Crippen molar-refractivity contribution >= 4 is 12.0 Å². The van der Waals surface area contributed by atoms with Crippen molar-refractivity contribution in [2.24, 2.45) is 5.92 Å². The lowest BCUT2D eigenvalue weighted by Gasteiger charge is -2.27. The first-order chi connectivity index (χ1) is 7.93. The van der Waals surface area contributed by atoms with Crippen molar-refractivity contribution in [3.05, 3.63) is 0 Å². The number of nitrogens with zero attached hydrogens (tertiary/aromatic N) is 1. The Kier molecular flexibility index (Phi) is 4.74. The molecule has 0 aliphatic carbocycles. The van der Waals surface area contributed by atoms with Crippen molar-refractivity contribution in [3.63, 3.8) is 0 Å². The zero-order chi connectivity index (χ0) is 13.0. The van der Waals surface area contributed by atoms with Crippen LogP contribution in [0.3, 0.4) is 0 Å². The molecule has 0 bridgehead atoms. The summed E-state index contributed by atoms with van der Waals surface area (Å²) in [6.07, 6.45) is 0.849. The van der Waals surface area contributed by atoms with Crippen LogP contribution in [0.1, 0.15) is 20.3 Å². The van der Waals surface area contributed by atoms with E-state index < -0.39 is 11.9 Å². The molecule has 0 saturated carbocycles. The third-order valence-corrected chi connectivity index (χ3v) is 3.14. The monoisotopic (exact) mass is 244 g/mol. The Labute approximate surface area is 101 Å². The highest BCUT2D eigenvalue weighted by atomic mass is 16.5. The molecule has 1 aliphatic rings. The fourth-order valence-corrected chi connectivity index (χ4v) is 1.83. The van der Waals surface area contributed by atoms with Crippen molar-refractivity contribution < 1.29 is 19.4 Å². The molecule has 0 aromatic rings. The Bertz CT molecular complexity index is 295. The van der Waals surface area contributed by atoms with E-state index in [1.807, 2.05) is 6.92 Å². The highest BCUT2D eigenvalue weighted by Crippen LogP contribution is 2.18. The van der Waals surface area contributed by atoms with Gasteiger partial charge in [0.05, 0.1) is 18.1 Å². The van der Waals surface area contributed by atoms with Crippen molar-refractivity contribution in [1.82, 2.24) is 10.2 Å². The molecule has 3 atom stereocenters. The predicted molar refractivity (Wildman–Crippen MR) is 61.8 cm³/mol. The molecular weight excluding hydrogens is 224 g/mol. The van der Waals surface area contributed by atoms with Gasteiger partial charge in [0.15, 0.2) is 0 Å². The first kappa shape index (κ1) is 13.8. The zero-order valence-corrected chi connectivity index (χ0v) is 10.5. The number of carbonyl (C=O) groups excluding carboxylic acids is 1. The molecule has 0 radical (unpaired) electrons. The van der Waals surface area contributed by atoms with Gasteiger partial charge in [-0.2, -0.15) is 0 Å². The van der Waals surface area contributed by atoms with Crippen molar-refractivity contribution in [2.45, 2.75) is 32.4 Å². The smallest absolute Gasteiger partial charge is 0.317 e. The maximum Gasteiger partial charge on any atom is 0.317 e. The van der Waals surface area contributed by atoms with Gasteiger partial charge in [0.2, 0.25) is 0 Å². The maximum absolute atomic E-state index is 11.8. The largest absolute Gasteiger partial charge is 0.481 e. The molecule has 6 nitrogen and oxygen atoms in total. The number of urea groups is 1. The lowest BCUT2D eigenvalue weighted by Crippen LogP contribution is -2.47. The lowest BCUT2D eigenvalue weighted by atomic mass is 10.1. The van der Waals surface area contributed by atoms with Gasteiger partial charge in [0.25, 0.3) is 0 Å². The van der Waals surface area contributed by atoms with Gasteiger partial charge in [-0.3, -0.25) is 4.79 Å². The maximum atomic E-state index is 11.8. The molecule has 1 fully saturated rings. The molecule has 0 spiro atoms. The summed E-state index contributed by atoms with van der Waals surface area (Å²) in [5.74, 6) is -1.49. The van der Waals surface area contributed by atoms with Crippen LogP contribution in [-0.4, -0.2) is 54.4 Å². The van der Waals surface area contributed by atoms with Gasteiger partial charge in [-0.15, -0.1) is 0 Å². The van der Waals surface area contributed by atoms with Crippen LogP contribution < -0.4 is 5.32 Å². The number of amides is 2. The number of hydrogen-bond acceptors (Lipinski definition) is 3. The summed E-state index contributed by atoms with van der Waals surface area (Å²) < 4.78 is 5.38. The second-order valence-electron chi connectivity index (χ2n) is 4.47. The molecule has 1 rings (SSSR count). The minimum absolute atomic E-state index is 0.0302. The van der Waals surface area contributed by atoms with E-state index in [0.717, 1.165) is 6.42 Å². The van der Waals surface area contributed by atoms with Crippen molar-refractivity contribution in [1.29, 1.82) is 0 Å². The lowest BCUT2D eigenvalue weighted by molar-refractivity contribution is -0.140. The fourth-order valence-electron chi connectivity index (χ4n) is 1.83. The molecule has 0 aromatic heterocycles. The van der Waals surface area contributed by atoms with Crippen LogP contribution in [0.4, 0.5) is 4.79 Å². The van der Waals surface area contributed by atoms with Crippen LogP contribution in [0, 0.1) is 5.92 Å². The van der Waals surface area contributed by atoms with Crippen LogP contribution in [0.5, 0.6) is 0 Å². The predicted octanol–water partition coefficient (Wildman–Crippen LogP) is 0.526.